The van der Waals surface area contributed by atoms with Crippen molar-refractivity contribution in [1.82, 2.24) is 9.88 Å². The van der Waals surface area contributed by atoms with Crippen LogP contribution in [0.4, 0.5) is 0 Å². The second-order valence-electron chi connectivity index (χ2n) is 5.73. The van der Waals surface area contributed by atoms with E-state index in [2.05, 4.69) is 4.98 Å². The van der Waals surface area contributed by atoms with E-state index in [0.29, 0.717) is 36.4 Å². The molecule has 26 heavy (non-hydrogen) atoms. The summed E-state index contributed by atoms with van der Waals surface area (Å²) in [5.41, 5.74) is 0.650. The van der Waals surface area contributed by atoms with Crippen LogP contribution in [0, 0.1) is 0 Å². The maximum absolute atomic E-state index is 12.9. The lowest BCUT2D eigenvalue weighted by Crippen LogP contribution is -2.33. The lowest BCUT2D eigenvalue weighted by Gasteiger charge is -2.20. The summed E-state index contributed by atoms with van der Waals surface area (Å²) >= 11 is 0. The number of pyridine rings is 1. The zero-order valence-corrected chi connectivity index (χ0v) is 14.8. The third kappa shape index (κ3) is 3.59. The predicted octanol–water partition coefficient (Wildman–Crippen LogP) is 3.25. The van der Waals surface area contributed by atoms with Crippen molar-refractivity contribution in [3.8, 4) is 5.75 Å². The molecule has 0 fully saturated rings. The number of hydrogen-bond donors (Lipinski definition) is 0. The van der Waals surface area contributed by atoms with Crippen LogP contribution in [-0.4, -0.2) is 28.9 Å². The van der Waals surface area contributed by atoms with Gasteiger partial charge in [0.25, 0.3) is 5.91 Å². The summed E-state index contributed by atoms with van der Waals surface area (Å²) in [7, 11) is 0. The summed E-state index contributed by atoms with van der Waals surface area (Å²) < 4.78 is 10.9. The minimum absolute atomic E-state index is 0.0158. The third-order valence-corrected chi connectivity index (χ3v) is 4.05. The lowest BCUT2D eigenvalue weighted by molar-refractivity contribution is 0.0748. The van der Waals surface area contributed by atoms with E-state index < -0.39 is 5.63 Å². The van der Waals surface area contributed by atoms with E-state index in [4.69, 9.17) is 9.15 Å². The zero-order valence-electron chi connectivity index (χ0n) is 14.8. The molecule has 2 aromatic heterocycles. The highest BCUT2D eigenvalue weighted by Crippen LogP contribution is 2.25. The molecule has 0 bridgehead atoms. The molecule has 0 saturated heterocycles. The fourth-order valence-corrected chi connectivity index (χ4v) is 2.74. The van der Waals surface area contributed by atoms with Gasteiger partial charge in [-0.1, -0.05) is 12.1 Å². The number of carbonyl (C=O) groups is 1. The number of benzene rings is 1. The SMILES string of the molecule is CCOc1cccc2cc(C(=O)N(CC)Cc3ccncc3)c(=O)oc12. The molecule has 0 radical (unpaired) electrons. The molecule has 0 aliphatic heterocycles. The fourth-order valence-electron chi connectivity index (χ4n) is 2.74. The smallest absolute Gasteiger partial charge is 0.349 e. The topological polar surface area (TPSA) is 72.6 Å². The number of aromatic nitrogens is 1. The number of rotatable bonds is 6. The van der Waals surface area contributed by atoms with Crippen LogP contribution in [0.25, 0.3) is 11.0 Å². The Morgan fingerprint density at radius 2 is 1.96 bits per heavy atom. The molecule has 1 amide bonds. The van der Waals surface area contributed by atoms with Crippen LogP contribution >= 0.6 is 0 Å². The summed E-state index contributed by atoms with van der Waals surface area (Å²) in [6.07, 6.45) is 3.35. The van der Waals surface area contributed by atoms with Gasteiger partial charge in [-0.15, -0.1) is 0 Å². The number of hydrogen-bond acceptors (Lipinski definition) is 5. The summed E-state index contributed by atoms with van der Waals surface area (Å²) in [5.74, 6) is 0.131. The monoisotopic (exact) mass is 352 g/mol. The Kier molecular flexibility index (Phi) is 5.31. The van der Waals surface area contributed by atoms with Crippen molar-refractivity contribution < 1.29 is 13.9 Å². The Labute approximate surface area is 151 Å². The van der Waals surface area contributed by atoms with Crippen LogP contribution in [0.15, 0.2) is 58.0 Å². The van der Waals surface area contributed by atoms with Crippen LogP contribution in [0.1, 0.15) is 29.8 Å². The summed E-state index contributed by atoms with van der Waals surface area (Å²) in [6.45, 7) is 5.05. The summed E-state index contributed by atoms with van der Waals surface area (Å²) in [6, 6.07) is 10.6. The van der Waals surface area contributed by atoms with E-state index in [-0.39, 0.29) is 11.5 Å². The minimum Gasteiger partial charge on any atom is -0.490 e. The molecule has 0 atom stereocenters. The Morgan fingerprint density at radius 1 is 1.19 bits per heavy atom. The first-order chi connectivity index (χ1) is 12.6. The average Bonchev–Trinajstić information content (AvgIpc) is 2.66. The molecule has 0 unspecified atom stereocenters. The van der Waals surface area contributed by atoms with Gasteiger partial charge in [0.1, 0.15) is 5.56 Å². The number of ether oxygens (including phenoxy) is 1. The van der Waals surface area contributed by atoms with Crippen LogP contribution in [0.3, 0.4) is 0 Å². The first-order valence-electron chi connectivity index (χ1n) is 8.51. The second kappa shape index (κ2) is 7.82. The molecule has 0 saturated carbocycles. The second-order valence-corrected chi connectivity index (χ2v) is 5.73. The summed E-state index contributed by atoms with van der Waals surface area (Å²) in [5, 5.41) is 0.652. The highest BCUT2D eigenvalue weighted by atomic mass is 16.5. The standard InChI is InChI=1S/C20H20N2O4/c1-3-22(13-14-8-10-21-11-9-14)19(23)16-12-15-6-5-7-17(25-4-2)18(15)26-20(16)24/h5-12H,3-4,13H2,1-2H3. The van der Waals surface area contributed by atoms with Crippen molar-refractivity contribution in [2.75, 3.05) is 13.2 Å². The molecule has 6 nitrogen and oxygen atoms in total. The van der Waals surface area contributed by atoms with E-state index in [0.717, 1.165) is 5.56 Å². The molecular weight excluding hydrogens is 332 g/mol. The van der Waals surface area contributed by atoms with Crippen LogP contribution in [-0.2, 0) is 6.54 Å². The molecule has 3 rings (SSSR count). The van der Waals surface area contributed by atoms with E-state index in [1.165, 1.54) is 0 Å². The van der Waals surface area contributed by atoms with Gasteiger partial charge in [0.15, 0.2) is 11.3 Å². The van der Waals surface area contributed by atoms with Gasteiger partial charge in [-0.25, -0.2) is 4.79 Å². The van der Waals surface area contributed by atoms with E-state index in [1.54, 1.807) is 41.6 Å². The fraction of sp³-hybridized carbons (Fsp3) is 0.250. The molecule has 0 N–H and O–H groups in total. The van der Waals surface area contributed by atoms with Crippen molar-refractivity contribution in [2.24, 2.45) is 0 Å². The number of amides is 1. The Bertz CT molecular complexity index is 966. The normalized spacial score (nSPS) is 10.7. The molecule has 0 spiro atoms. The number of nitrogens with zero attached hydrogens (tertiary/aromatic N) is 2. The Hall–Kier alpha value is -3.15. The number of fused-ring (bicyclic) bond motifs is 1. The zero-order chi connectivity index (χ0) is 18.5. The third-order valence-electron chi connectivity index (χ3n) is 4.05. The van der Waals surface area contributed by atoms with Crippen LogP contribution in [0.2, 0.25) is 0 Å². The molecule has 134 valence electrons. The van der Waals surface area contributed by atoms with Crippen molar-refractivity contribution in [3.05, 3.63) is 70.3 Å². The van der Waals surface area contributed by atoms with Gasteiger partial charge in [0, 0.05) is 30.9 Å². The van der Waals surface area contributed by atoms with Crippen molar-refractivity contribution in [3.63, 3.8) is 0 Å². The Balaban J connectivity index is 1.97. The lowest BCUT2D eigenvalue weighted by atomic mass is 10.1. The Morgan fingerprint density at radius 3 is 2.65 bits per heavy atom. The molecule has 6 heteroatoms. The van der Waals surface area contributed by atoms with Gasteiger partial charge in [0.2, 0.25) is 0 Å². The van der Waals surface area contributed by atoms with Crippen LogP contribution < -0.4 is 10.4 Å². The van der Waals surface area contributed by atoms with Gasteiger partial charge < -0.3 is 14.1 Å². The first-order valence-corrected chi connectivity index (χ1v) is 8.51. The van der Waals surface area contributed by atoms with Gasteiger partial charge in [-0.3, -0.25) is 9.78 Å². The van der Waals surface area contributed by atoms with Gasteiger partial charge >= 0.3 is 5.63 Å². The largest absolute Gasteiger partial charge is 0.490 e. The molecular formula is C20H20N2O4. The van der Waals surface area contributed by atoms with E-state index in [1.807, 2.05) is 26.0 Å². The number of para-hydroxylation sites is 1. The maximum atomic E-state index is 12.9. The van der Waals surface area contributed by atoms with E-state index >= 15 is 0 Å². The molecule has 0 aliphatic carbocycles. The van der Waals surface area contributed by atoms with Crippen LogP contribution in [0.5, 0.6) is 5.75 Å². The molecule has 2 heterocycles. The predicted molar refractivity (Wildman–Crippen MR) is 98.3 cm³/mol. The van der Waals surface area contributed by atoms with Gasteiger partial charge in [0.05, 0.1) is 6.61 Å². The average molecular weight is 352 g/mol. The number of carbonyl (C=O) groups excluding carboxylic acids is 1. The van der Waals surface area contributed by atoms with E-state index in [9.17, 15) is 9.59 Å². The quantitative estimate of drug-likeness (QED) is 0.637. The van der Waals surface area contributed by atoms with Crippen molar-refractivity contribution in [2.45, 2.75) is 20.4 Å². The van der Waals surface area contributed by atoms with Gasteiger partial charge in [-0.05, 0) is 43.7 Å². The minimum atomic E-state index is -0.664. The van der Waals surface area contributed by atoms with Gasteiger partial charge in [-0.2, -0.15) is 0 Å². The molecule has 3 aromatic rings. The summed E-state index contributed by atoms with van der Waals surface area (Å²) in [4.78, 5) is 30.9. The highest BCUT2D eigenvalue weighted by Gasteiger charge is 2.20. The molecule has 1 aromatic carbocycles. The first kappa shape index (κ1) is 17.7. The molecule has 0 aliphatic rings. The highest BCUT2D eigenvalue weighted by molar-refractivity contribution is 5.97. The van der Waals surface area contributed by atoms with Crippen molar-refractivity contribution >= 4 is 16.9 Å². The maximum Gasteiger partial charge on any atom is 0.349 e. The van der Waals surface area contributed by atoms with Crippen molar-refractivity contribution in [1.29, 1.82) is 0 Å².